The first-order chi connectivity index (χ1) is 15.9. The van der Waals surface area contributed by atoms with Crippen molar-refractivity contribution < 1.29 is 13.2 Å². The lowest BCUT2D eigenvalue weighted by atomic mass is 10.1. The molecular weight excluding hydrogens is 421 g/mol. The van der Waals surface area contributed by atoms with E-state index in [-0.39, 0.29) is 5.69 Å². The lowest BCUT2D eigenvalue weighted by molar-refractivity contribution is -0.137. The topological polar surface area (TPSA) is 29.3 Å². The molecule has 0 unspecified atom stereocenters. The van der Waals surface area contributed by atoms with Crippen LogP contribution >= 0.6 is 0 Å². The molecule has 33 heavy (non-hydrogen) atoms. The number of hydrogen-bond acceptors (Lipinski definition) is 2. The molecule has 2 nitrogen and oxygen atoms in total. The molecule has 0 atom stereocenters. The Hall–Kier alpha value is -1.23. The van der Waals surface area contributed by atoms with E-state index in [1.54, 1.807) is 6.07 Å². The second kappa shape index (κ2) is 18.1. The first kappa shape index (κ1) is 29.8. The zero-order valence-corrected chi connectivity index (χ0v) is 21.3. The van der Waals surface area contributed by atoms with Gasteiger partial charge >= 0.3 is 6.18 Å². The van der Waals surface area contributed by atoms with Gasteiger partial charge in [0.05, 0.1) is 5.56 Å². The van der Waals surface area contributed by atoms with Gasteiger partial charge in [0.15, 0.2) is 0 Å². The number of unbranched alkanes of at least 4 members (excludes halogenated alkanes) is 14. The molecule has 0 aromatic heterocycles. The summed E-state index contributed by atoms with van der Waals surface area (Å²) in [6.45, 7) is 6.91. The van der Waals surface area contributed by atoms with Gasteiger partial charge in [0.2, 0.25) is 0 Å². The number of halogens is 3. The highest BCUT2D eigenvalue weighted by molar-refractivity contribution is 5.45. The van der Waals surface area contributed by atoms with E-state index in [1.165, 1.54) is 96.0 Å². The van der Waals surface area contributed by atoms with Crippen molar-refractivity contribution in [3.8, 4) is 0 Å². The fraction of sp³-hybridized carbons (Fsp3) is 0.786. The molecule has 0 spiro atoms. The molecule has 192 valence electrons. The van der Waals surface area contributed by atoms with E-state index in [0.717, 1.165) is 32.0 Å². The minimum atomic E-state index is -4.36. The van der Waals surface area contributed by atoms with Crippen molar-refractivity contribution in [3.05, 3.63) is 29.3 Å². The fourth-order valence-electron chi connectivity index (χ4n) is 4.44. The molecule has 0 heterocycles. The van der Waals surface area contributed by atoms with Gasteiger partial charge in [-0.15, -0.1) is 0 Å². The summed E-state index contributed by atoms with van der Waals surface area (Å²) in [6, 6.07) is 4.00. The van der Waals surface area contributed by atoms with Gasteiger partial charge in [0.1, 0.15) is 0 Å². The van der Waals surface area contributed by atoms with Crippen molar-refractivity contribution in [1.82, 2.24) is 4.90 Å². The van der Waals surface area contributed by atoms with Crippen LogP contribution in [-0.2, 0) is 12.7 Å². The molecule has 0 saturated heterocycles. The lowest BCUT2D eigenvalue weighted by Gasteiger charge is -2.23. The maximum atomic E-state index is 13.2. The van der Waals surface area contributed by atoms with Crippen LogP contribution < -0.4 is 5.73 Å². The summed E-state index contributed by atoms with van der Waals surface area (Å²) >= 11 is 0. The Labute approximate surface area is 201 Å². The Morgan fingerprint density at radius 3 is 1.48 bits per heavy atom. The number of rotatable bonds is 20. The van der Waals surface area contributed by atoms with Crippen LogP contribution in [0.3, 0.4) is 0 Å². The van der Waals surface area contributed by atoms with Gasteiger partial charge in [0.25, 0.3) is 0 Å². The van der Waals surface area contributed by atoms with Crippen molar-refractivity contribution >= 4 is 5.69 Å². The number of nitrogens with two attached hydrogens (primary N) is 1. The molecular formula is C28H49F3N2. The fourth-order valence-corrected chi connectivity index (χ4v) is 4.44. The summed E-state index contributed by atoms with van der Waals surface area (Å²) in [4.78, 5) is 2.34. The summed E-state index contributed by atoms with van der Waals surface area (Å²) in [5.41, 5.74) is 6.01. The third kappa shape index (κ3) is 15.3. The van der Waals surface area contributed by atoms with Crippen LogP contribution in [0, 0.1) is 0 Å². The minimum Gasteiger partial charge on any atom is -0.399 e. The van der Waals surface area contributed by atoms with Crippen LogP contribution in [0.25, 0.3) is 0 Å². The van der Waals surface area contributed by atoms with Crippen LogP contribution in [0.5, 0.6) is 0 Å². The number of nitrogen functional groups attached to an aromatic ring is 1. The van der Waals surface area contributed by atoms with Gasteiger partial charge in [-0.2, -0.15) is 13.2 Å². The number of benzene rings is 1. The molecule has 5 heteroatoms. The predicted octanol–water partition coefficient (Wildman–Crippen LogP) is 9.37. The molecule has 0 bridgehead atoms. The molecule has 2 N–H and O–H groups in total. The Kier molecular flexibility index (Phi) is 16.4. The standard InChI is InChI=1S/C28H49F3N2/c1-3-5-7-9-11-13-15-17-19-33(20-18-16-14-12-10-8-6-4-2)24-25-21-26(28(29,30)31)23-27(32)22-25/h21-23H,3-20,24,32H2,1-2H3. The van der Waals surface area contributed by atoms with E-state index >= 15 is 0 Å². The van der Waals surface area contributed by atoms with E-state index in [2.05, 4.69) is 18.7 Å². The van der Waals surface area contributed by atoms with E-state index in [9.17, 15) is 13.2 Å². The minimum absolute atomic E-state index is 0.193. The Morgan fingerprint density at radius 1 is 0.636 bits per heavy atom. The van der Waals surface area contributed by atoms with Crippen LogP contribution in [0.4, 0.5) is 18.9 Å². The third-order valence-electron chi connectivity index (χ3n) is 6.40. The number of hydrogen-bond donors (Lipinski definition) is 1. The molecule has 0 radical (unpaired) electrons. The van der Waals surface area contributed by atoms with E-state index in [0.29, 0.717) is 12.1 Å². The average Bonchev–Trinajstić information content (AvgIpc) is 2.76. The lowest BCUT2D eigenvalue weighted by Crippen LogP contribution is -2.26. The van der Waals surface area contributed by atoms with Gasteiger partial charge in [-0.05, 0) is 49.7 Å². The molecule has 0 aliphatic heterocycles. The summed E-state index contributed by atoms with van der Waals surface area (Å²) in [5, 5.41) is 0. The second-order valence-corrected chi connectivity index (χ2v) is 9.69. The van der Waals surface area contributed by atoms with E-state index in [4.69, 9.17) is 5.73 Å². The molecule has 1 aromatic carbocycles. The normalized spacial score (nSPS) is 12.1. The Bertz CT molecular complexity index is 581. The summed E-state index contributed by atoms with van der Waals surface area (Å²) in [5.74, 6) is 0. The zero-order valence-electron chi connectivity index (χ0n) is 21.3. The first-order valence-electron chi connectivity index (χ1n) is 13.6. The summed E-state index contributed by atoms with van der Waals surface area (Å²) in [6.07, 6.45) is 15.9. The predicted molar refractivity (Wildman–Crippen MR) is 136 cm³/mol. The monoisotopic (exact) mass is 470 g/mol. The van der Waals surface area contributed by atoms with Crippen molar-refractivity contribution in [1.29, 1.82) is 0 Å². The van der Waals surface area contributed by atoms with Crippen LogP contribution in [-0.4, -0.2) is 18.0 Å². The quantitative estimate of drug-likeness (QED) is 0.152. The molecule has 1 rings (SSSR count). The van der Waals surface area contributed by atoms with Gasteiger partial charge in [-0.1, -0.05) is 104 Å². The van der Waals surface area contributed by atoms with Crippen molar-refractivity contribution in [2.24, 2.45) is 0 Å². The maximum Gasteiger partial charge on any atom is 0.416 e. The van der Waals surface area contributed by atoms with Crippen molar-refractivity contribution in [2.45, 2.75) is 129 Å². The highest BCUT2D eigenvalue weighted by atomic mass is 19.4. The summed E-state index contributed by atoms with van der Waals surface area (Å²) in [7, 11) is 0. The number of anilines is 1. The number of nitrogens with zero attached hydrogens (tertiary/aromatic N) is 1. The van der Waals surface area contributed by atoms with Crippen LogP contribution in [0.1, 0.15) is 128 Å². The highest BCUT2D eigenvalue weighted by Gasteiger charge is 2.31. The van der Waals surface area contributed by atoms with E-state index < -0.39 is 11.7 Å². The van der Waals surface area contributed by atoms with Crippen molar-refractivity contribution in [2.75, 3.05) is 18.8 Å². The van der Waals surface area contributed by atoms with Gasteiger partial charge in [0, 0.05) is 12.2 Å². The largest absolute Gasteiger partial charge is 0.416 e. The molecule has 0 aliphatic rings. The first-order valence-corrected chi connectivity index (χ1v) is 13.6. The zero-order chi connectivity index (χ0) is 24.4. The van der Waals surface area contributed by atoms with Gasteiger partial charge in [-0.25, -0.2) is 0 Å². The molecule has 0 fully saturated rings. The number of alkyl halides is 3. The van der Waals surface area contributed by atoms with Gasteiger partial charge < -0.3 is 5.73 Å². The maximum absolute atomic E-state index is 13.2. The van der Waals surface area contributed by atoms with Crippen LogP contribution in [0.2, 0.25) is 0 Å². The Morgan fingerprint density at radius 2 is 1.06 bits per heavy atom. The van der Waals surface area contributed by atoms with Crippen molar-refractivity contribution in [3.63, 3.8) is 0 Å². The SMILES string of the molecule is CCCCCCCCCCN(CCCCCCCCCC)Cc1cc(N)cc(C(F)(F)F)c1. The molecule has 0 aliphatic carbocycles. The average molecular weight is 471 g/mol. The molecule has 1 aromatic rings. The summed E-state index contributed by atoms with van der Waals surface area (Å²) < 4.78 is 39.6. The Balaban J connectivity index is 2.51. The third-order valence-corrected chi connectivity index (χ3v) is 6.40. The van der Waals surface area contributed by atoms with E-state index in [1.807, 2.05) is 0 Å². The van der Waals surface area contributed by atoms with Gasteiger partial charge in [-0.3, -0.25) is 4.90 Å². The smallest absolute Gasteiger partial charge is 0.399 e. The second-order valence-electron chi connectivity index (χ2n) is 9.69. The molecule has 0 amide bonds. The highest BCUT2D eigenvalue weighted by Crippen LogP contribution is 2.31. The van der Waals surface area contributed by atoms with Crippen LogP contribution in [0.15, 0.2) is 18.2 Å². The molecule has 0 saturated carbocycles.